The number of hydrogen-bond acceptors (Lipinski definition) is 0. The normalized spacial score (nSPS) is 23.2. The number of fused-ring (bicyclic) bond motifs is 1. The Hall–Kier alpha value is 0.0543. The van der Waals surface area contributed by atoms with Gasteiger partial charge in [-0.2, -0.15) is 0 Å². The fourth-order valence-corrected chi connectivity index (χ4v) is 5.59. The second-order valence-electron chi connectivity index (χ2n) is 5.02. The number of allylic oxidation sites excluding steroid dienone is 4. The first-order valence-corrected chi connectivity index (χ1v) is 7.51. The molecule has 1 N–H and O–H groups in total. The van der Waals surface area contributed by atoms with E-state index in [-0.39, 0.29) is 44.0 Å². The van der Waals surface area contributed by atoms with Gasteiger partial charge in [0.05, 0.1) is 0 Å². The summed E-state index contributed by atoms with van der Waals surface area (Å²) in [6, 6.07) is 0. The predicted octanol–water partition coefficient (Wildman–Crippen LogP) is -2.90. The van der Waals surface area contributed by atoms with Crippen molar-refractivity contribution in [2.24, 2.45) is 0 Å². The quantitative estimate of drug-likeness (QED) is 0.564. The van der Waals surface area contributed by atoms with Gasteiger partial charge >= 0.3 is 106 Å². The van der Waals surface area contributed by atoms with Crippen LogP contribution in [-0.2, 0) is 19.2 Å². The third kappa shape index (κ3) is 2.27. The number of aromatic nitrogens is 1. The van der Waals surface area contributed by atoms with Crippen molar-refractivity contribution in [2.75, 3.05) is 0 Å². The second kappa shape index (κ2) is 5.58. The van der Waals surface area contributed by atoms with Gasteiger partial charge in [0.25, 0.3) is 0 Å². The van der Waals surface area contributed by atoms with Gasteiger partial charge in [-0.05, 0) is 0 Å². The van der Waals surface area contributed by atoms with E-state index in [1.807, 2.05) is 0 Å². The summed E-state index contributed by atoms with van der Waals surface area (Å²) in [7, 11) is 0. The van der Waals surface area contributed by atoms with Crippen LogP contribution in [0.3, 0.4) is 0 Å². The number of hydrogen-bond donors (Lipinski definition) is 1. The van der Waals surface area contributed by atoms with Gasteiger partial charge < -0.3 is 24.8 Å². The zero-order valence-electron chi connectivity index (χ0n) is 10.9. The molecule has 1 aromatic rings. The minimum atomic E-state index is -0.0927. The summed E-state index contributed by atoms with van der Waals surface area (Å²) in [5.74, 6) is 0. The Morgan fingerprint density at radius 3 is 2.33 bits per heavy atom. The maximum absolute atomic E-state index is 3.61. The van der Waals surface area contributed by atoms with Crippen LogP contribution in [0.4, 0.5) is 0 Å². The van der Waals surface area contributed by atoms with Crippen LogP contribution in [0.1, 0.15) is 29.7 Å². The molecule has 0 aromatic carbocycles. The van der Waals surface area contributed by atoms with Crippen molar-refractivity contribution in [3.05, 3.63) is 40.6 Å². The summed E-state index contributed by atoms with van der Waals surface area (Å²) < 4.78 is 2.07. The third-order valence-electron chi connectivity index (χ3n) is 4.20. The van der Waals surface area contributed by atoms with E-state index in [9.17, 15) is 0 Å². The van der Waals surface area contributed by atoms with Crippen LogP contribution in [-0.4, -0.2) is 4.98 Å². The van der Waals surface area contributed by atoms with Crippen LogP contribution < -0.4 is 28.8 Å². The predicted molar refractivity (Wildman–Crippen MR) is 63.8 cm³/mol. The van der Waals surface area contributed by atoms with Gasteiger partial charge in [0.1, 0.15) is 0 Å². The summed E-state index contributed by atoms with van der Waals surface area (Å²) in [5, 5.41) is 0. The summed E-state index contributed by atoms with van der Waals surface area (Å²) >= 11 is -0.0927. The fraction of sp³-hybridized carbons (Fsp3) is 0.429. The van der Waals surface area contributed by atoms with Crippen LogP contribution in [0.5, 0.6) is 0 Å². The molecule has 1 unspecified atom stereocenters. The van der Waals surface area contributed by atoms with Crippen molar-refractivity contribution in [3.63, 3.8) is 0 Å². The molecule has 0 amide bonds. The molecule has 3 rings (SSSR count). The number of aryl methyl sites for hydroxylation is 1. The van der Waals surface area contributed by atoms with Crippen molar-refractivity contribution >= 4 is 4.00 Å². The average Bonchev–Trinajstić information content (AvgIpc) is 2.64. The van der Waals surface area contributed by atoms with Gasteiger partial charge in [0, 0.05) is 0 Å². The summed E-state index contributed by atoms with van der Waals surface area (Å²) in [6.07, 6.45) is 9.77. The molecule has 0 saturated heterocycles. The molecule has 96 valence electrons. The smallest absolute Gasteiger partial charge is 1.00 e. The molecule has 1 atom stereocenters. The monoisotopic (exact) mass is 317 g/mol. The van der Waals surface area contributed by atoms with Crippen molar-refractivity contribution < 1.29 is 44.0 Å². The Labute approximate surface area is 130 Å². The minimum Gasteiger partial charge on any atom is -1.00 e. The molecule has 1 heterocycles. The van der Waals surface area contributed by atoms with Gasteiger partial charge in [0.15, 0.2) is 0 Å². The molecule has 1 saturated carbocycles. The molecule has 1 nitrogen and oxygen atoms in total. The molecular weight excluding hydrogens is 301 g/mol. The number of rotatable bonds is 2. The molecule has 4 heteroatoms. The standard InChI is InChI=1S/C7H10N.C7H7.2ClH.Ti/c1-5-4-8-7(3)6(5)2;1-2-6-4-5-7(6)3-1;;;/h8H,1-3H3;1-3H,4-5H2;2*1H;/q;;;;+2/p-2. The topological polar surface area (TPSA) is 15.8 Å². The van der Waals surface area contributed by atoms with Crippen molar-refractivity contribution in [3.8, 4) is 0 Å². The molecule has 0 bridgehead atoms. The summed E-state index contributed by atoms with van der Waals surface area (Å²) in [6.45, 7) is 6.70. The van der Waals surface area contributed by atoms with E-state index in [2.05, 4.69) is 44.0 Å². The molecule has 1 aromatic heterocycles. The van der Waals surface area contributed by atoms with Crippen LogP contribution in [0, 0.1) is 20.8 Å². The van der Waals surface area contributed by atoms with E-state index in [4.69, 9.17) is 0 Å². The molecule has 0 spiro atoms. The molecule has 0 radical (unpaired) electrons. The zero-order chi connectivity index (χ0) is 11.3. The fourth-order valence-electron chi connectivity index (χ4n) is 2.67. The molecule has 2 aliphatic rings. The van der Waals surface area contributed by atoms with E-state index in [0.29, 0.717) is 3.72 Å². The maximum Gasteiger partial charge on any atom is -1.00 e. The van der Waals surface area contributed by atoms with Gasteiger partial charge in [0.2, 0.25) is 0 Å². The zero-order valence-corrected chi connectivity index (χ0v) is 14.0. The van der Waals surface area contributed by atoms with Crippen LogP contribution in [0.15, 0.2) is 23.8 Å². The van der Waals surface area contributed by atoms with Gasteiger partial charge in [-0.1, -0.05) is 0 Å². The third-order valence-corrected chi connectivity index (χ3v) is 7.22. The molecule has 0 aliphatic heterocycles. The minimum absolute atomic E-state index is 0. The van der Waals surface area contributed by atoms with E-state index in [1.165, 1.54) is 29.7 Å². The van der Waals surface area contributed by atoms with Gasteiger partial charge in [-0.3, -0.25) is 0 Å². The first-order chi connectivity index (χ1) is 7.62. The van der Waals surface area contributed by atoms with Crippen molar-refractivity contribution in [1.82, 2.24) is 4.98 Å². The number of nitrogens with one attached hydrogen (secondary N) is 1. The number of H-pyrrole nitrogens is 1. The average molecular weight is 318 g/mol. The number of aromatic amines is 1. The number of halogens is 2. The van der Waals surface area contributed by atoms with Crippen LogP contribution in [0.2, 0.25) is 3.72 Å². The first kappa shape index (κ1) is 16.1. The van der Waals surface area contributed by atoms with E-state index >= 15 is 0 Å². The summed E-state index contributed by atoms with van der Waals surface area (Å²) in [4.78, 5) is 3.61. The van der Waals surface area contributed by atoms with Crippen molar-refractivity contribution in [1.29, 1.82) is 0 Å². The first-order valence-electron chi connectivity index (χ1n) is 5.95. The molecule has 2 aliphatic carbocycles. The summed E-state index contributed by atoms with van der Waals surface area (Å²) in [5.41, 5.74) is 6.02. The SMILES string of the molecule is Cc1[nH][c]([Ti+2][C]23C=CC=C2CC3)c(C)c1C.[Cl-].[Cl-]. The van der Waals surface area contributed by atoms with E-state index in [1.54, 1.807) is 9.57 Å². The van der Waals surface area contributed by atoms with Crippen LogP contribution >= 0.6 is 0 Å². The molecule has 18 heavy (non-hydrogen) atoms. The van der Waals surface area contributed by atoms with Gasteiger partial charge in [-0.15, -0.1) is 0 Å². The Morgan fingerprint density at radius 2 is 1.89 bits per heavy atom. The van der Waals surface area contributed by atoms with Crippen LogP contribution in [0.25, 0.3) is 0 Å². The Balaban J connectivity index is 0.000000810. The molecule has 1 fully saturated rings. The van der Waals surface area contributed by atoms with Crippen molar-refractivity contribution in [2.45, 2.75) is 37.3 Å². The Kier molecular flexibility index (Phi) is 5.00. The van der Waals surface area contributed by atoms with Gasteiger partial charge in [-0.25, -0.2) is 0 Å². The second-order valence-corrected chi connectivity index (χ2v) is 7.59. The maximum atomic E-state index is 3.61. The Bertz CT molecular complexity index is 516. The van der Waals surface area contributed by atoms with E-state index in [0.717, 1.165) is 0 Å². The van der Waals surface area contributed by atoms with E-state index < -0.39 is 0 Å². The Morgan fingerprint density at radius 1 is 1.17 bits per heavy atom. The largest absolute Gasteiger partial charge is 1.00 e. The molecular formula is C14H17Cl2NTi.